The van der Waals surface area contributed by atoms with Crippen LogP contribution < -0.4 is 9.47 Å². The van der Waals surface area contributed by atoms with Gasteiger partial charge in [0.2, 0.25) is 0 Å². The predicted molar refractivity (Wildman–Crippen MR) is 92.7 cm³/mol. The standard InChI is InChI=1S/C18H19FN2O5/c1-12(13-4-6-14(19)7-5-13)20(2)18(22)11-26-17-9-8-15(25-3)10-16(17)21(23)24/h4-10,12H,11H2,1-3H3. The van der Waals surface area contributed by atoms with E-state index < -0.39 is 4.92 Å². The molecule has 8 heteroatoms. The Kier molecular flexibility index (Phi) is 6.11. The number of halogens is 1. The number of hydrogen-bond donors (Lipinski definition) is 0. The van der Waals surface area contributed by atoms with Crippen molar-refractivity contribution in [3.63, 3.8) is 0 Å². The molecule has 0 heterocycles. The third-order valence-corrected chi connectivity index (χ3v) is 4.04. The monoisotopic (exact) mass is 362 g/mol. The maximum Gasteiger partial charge on any atom is 0.314 e. The molecule has 1 atom stereocenters. The van der Waals surface area contributed by atoms with Gasteiger partial charge in [0, 0.05) is 7.05 Å². The van der Waals surface area contributed by atoms with E-state index in [0.29, 0.717) is 5.75 Å². The van der Waals surface area contributed by atoms with Crippen molar-refractivity contribution in [3.8, 4) is 11.5 Å². The number of rotatable bonds is 7. The van der Waals surface area contributed by atoms with E-state index in [1.807, 2.05) is 0 Å². The smallest absolute Gasteiger partial charge is 0.314 e. The summed E-state index contributed by atoms with van der Waals surface area (Å²) in [5.41, 5.74) is 0.476. The van der Waals surface area contributed by atoms with Crippen LogP contribution in [-0.4, -0.2) is 36.5 Å². The van der Waals surface area contributed by atoms with Crippen molar-refractivity contribution in [1.29, 1.82) is 0 Å². The second-order valence-electron chi connectivity index (χ2n) is 5.61. The van der Waals surface area contributed by atoms with E-state index in [9.17, 15) is 19.3 Å². The summed E-state index contributed by atoms with van der Waals surface area (Å²) in [6.07, 6.45) is 0. The summed E-state index contributed by atoms with van der Waals surface area (Å²) in [5, 5.41) is 11.1. The highest BCUT2D eigenvalue weighted by molar-refractivity contribution is 5.78. The number of hydrogen-bond acceptors (Lipinski definition) is 5. The molecule has 0 saturated carbocycles. The molecule has 2 rings (SSSR count). The SMILES string of the molecule is COc1ccc(OCC(=O)N(C)C(C)c2ccc(F)cc2)c([N+](=O)[O-])c1. The largest absolute Gasteiger partial charge is 0.496 e. The van der Waals surface area contributed by atoms with Gasteiger partial charge in [0.25, 0.3) is 5.91 Å². The van der Waals surface area contributed by atoms with E-state index in [2.05, 4.69) is 0 Å². The second kappa shape index (κ2) is 8.28. The van der Waals surface area contributed by atoms with Gasteiger partial charge in [-0.05, 0) is 36.8 Å². The van der Waals surface area contributed by atoms with E-state index in [1.165, 1.54) is 42.3 Å². The minimum absolute atomic E-state index is 0.0213. The first-order valence-corrected chi connectivity index (χ1v) is 7.80. The lowest BCUT2D eigenvalue weighted by molar-refractivity contribution is -0.385. The zero-order chi connectivity index (χ0) is 19.3. The number of likely N-dealkylation sites (N-methyl/N-ethyl adjacent to an activating group) is 1. The Morgan fingerprint density at radius 3 is 2.50 bits per heavy atom. The summed E-state index contributed by atoms with van der Waals surface area (Å²) in [7, 11) is 2.98. The summed E-state index contributed by atoms with van der Waals surface area (Å²) >= 11 is 0. The molecule has 0 aliphatic rings. The van der Waals surface area contributed by atoms with Gasteiger partial charge in [0.15, 0.2) is 12.4 Å². The van der Waals surface area contributed by atoms with Crippen molar-refractivity contribution in [1.82, 2.24) is 4.90 Å². The highest BCUT2D eigenvalue weighted by atomic mass is 19.1. The van der Waals surface area contributed by atoms with Gasteiger partial charge in [0.05, 0.1) is 24.1 Å². The number of benzene rings is 2. The molecule has 0 aliphatic heterocycles. The van der Waals surface area contributed by atoms with Crippen LogP contribution in [0.3, 0.4) is 0 Å². The maximum atomic E-state index is 13.0. The van der Waals surface area contributed by atoms with Crippen LogP contribution in [0.15, 0.2) is 42.5 Å². The molecule has 0 aliphatic carbocycles. The Balaban J connectivity index is 2.06. The molecule has 26 heavy (non-hydrogen) atoms. The molecule has 1 amide bonds. The van der Waals surface area contributed by atoms with E-state index in [-0.39, 0.29) is 35.8 Å². The van der Waals surface area contributed by atoms with Crippen molar-refractivity contribution >= 4 is 11.6 Å². The van der Waals surface area contributed by atoms with Gasteiger partial charge in [-0.25, -0.2) is 4.39 Å². The van der Waals surface area contributed by atoms with Crippen LogP contribution in [0.4, 0.5) is 10.1 Å². The molecule has 0 aromatic heterocycles. The summed E-state index contributed by atoms with van der Waals surface area (Å²) in [6, 6.07) is 9.65. The molecule has 2 aromatic rings. The quantitative estimate of drug-likeness (QED) is 0.557. The van der Waals surface area contributed by atoms with Crippen LogP contribution >= 0.6 is 0 Å². The normalized spacial score (nSPS) is 11.5. The van der Waals surface area contributed by atoms with Gasteiger partial charge in [0.1, 0.15) is 11.6 Å². The number of nitro benzene ring substituents is 1. The maximum absolute atomic E-state index is 13.0. The Bertz CT molecular complexity index is 795. The topological polar surface area (TPSA) is 81.9 Å². The average Bonchev–Trinajstić information content (AvgIpc) is 2.65. The first kappa shape index (κ1) is 19.2. The minimum atomic E-state index is -0.604. The van der Waals surface area contributed by atoms with Crippen molar-refractivity contribution in [2.75, 3.05) is 20.8 Å². The lowest BCUT2D eigenvalue weighted by Crippen LogP contribution is -2.33. The fourth-order valence-electron chi connectivity index (χ4n) is 2.31. The lowest BCUT2D eigenvalue weighted by atomic mass is 10.1. The first-order valence-electron chi connectivity index (χ1n) is 7.80. The Morgan fingerprint density at radius 1 is 1.27 bits per heavy atom. The molecule has 2 aromatic carbocycles. The van der Waals surface area contributed by atoms with Crippen LogP contribution in [0.25, 0.3) is 0 Å². The van der Waals surface area contributed by atoms with Crippen LogP contribution in [0.1, 0.15) is 18.5 Å². The van der Waals surface area contributed by atoms with Gasteiger partial charge >= 0.3 is 5.69 Å². The molecule has 7 nitrogen and oxygen atoms in total. The van der Waals surface area contributed by atoms with Gasteiger partial charge < -0.3 is 14.4 Å². The highest BCUT2D eigenvalue weighted by Crippen LogP contribution is 2.31. The van der Waals surface area contributed by atoms with Crippen LogP contribution in [0, 0.1) is 15.9 Å². The zero-order valence-electron chi connectivity index (χ0n) is 14.6. The Morgan fingerprint density at radius 2 is 1.92 bits per heavy atom. The van der Waals surface area contributed by atoms with E-state index >= 15 is 0 Å². The summed E-state index contributed by atoms with van der Waals surface area (Å²) < 4.78 is 23.3. The number of ether oxygens (including phenoxy) is 2. The fraction of sp³-hybridized carbons (Fsp3) is 0.278. The molecule has 0 radical (unpaired) electrons. The number of carbonyl (C=O) groups excluding carboxylic acids is 1. The zero-order valence-corrected chi connectivity index (χ0v) is 14.6. The van der Waals surface area contributed by atoms with Gasteiger partial charge in [-0.15, -0.1) is 0 Å². The van der Waals surface area contributed by atoms with Gasteiger partial charge in [-0.2, -0.15) is 0 Å². The molecular weight excluding hydrogens is 343 g/mol. The number of methoxy groups -OCH3 is 1. The molecule has 0 saturated heterocycles. The van der Waals surface area contributed by atoms with Gasteiger partial charge in [-0.3, -0.25) is 14.9 Å². The lowest BCUT2D eigenvalue weighted by Gasteiger charge is -2.25. The van der Waals surface area contributed by atoms with Gasteiger partial charge in [-0.1, -0.05) is 12.1 Å². The van der Waals surface area contributed by atoms with Crippen molar-refractivity contribution < 1.29 is 23.6 Å². The molecule has 0 bridgehead atoms. The van der Waals surface area contributed by atoms with E-state index in [0.717, 1.165) is 5.56 Å². The number of nitrogens with zero attached hydrogens (tertiary/aromatic N) is 2. The third kappa shape index (κ3) is 4.47. The Hall–Kier alpha value is -3.16. The second-order valence-corrected chi connectivity index (χ2v) is 5.61. The van der Waals surface area contributed by atoms with E-state index in [1.54, 1.807) is 26.1 Å². The first-order chi connectivity index (χ1) is 12.3. The molecule has 0 fully saturated rings. The fourth-order valence-corrected chi connectivity index (χ4v) is 2.31. The highest BCUT2D eigenvalue weighted by Gasteiger charge is 2.21. The van der Waals surface area contributed by atoms with Crippen LogP contribution in [0.2, 0.25) is 0 Å². The number of carbonyl (C=O) groups is 1. The van der Waals surface area contributed by atoms with E-state index in [4.69, 9.17) is 9.47 Å². The summed E-state index contributed by atoms with van der Waals surface area (Å²) in [6.45, 7) is 1.43. The minimum Gasteiger partial charge on any atom is -0.496 e. The van der Waals surface area contributed by atoms with Crippen LogP contribution in [-0.2, 0) is 4.79 Å². The number of amides is 1. The number of nitro groups is 1. The van der Waals surface area contributed by atoms with Crippen molar-refractivity contribution in [2.24, 2.45) is 0 Å². The molecule has 138 valence electrons. The summed E-state index contributed by atoms with van der Waals surface area (Å²) in [5.74, 6) is -0.429. The average molecular weight is 362 g/mol. The van der Waals surface area contributed by atoms with Crippen LogP contribution in [0.5, 0.6) is 11.5 Å². The van der Waals surface area contributed by atoms with Crippen molar-refractivity contribution in [3.05, 3.63) is 64.0 Å². The molecule has 0 spiro atoms. The Labute approximate surface area is 150 Å². The molecule has 0 N–H and O–H groups in total. The molecular formula is C18H19FN2O5. The summed E-state index contributed by atoms with van der Waals surface area (Å²) in [4.78, 5) is 24.3. The predicted octanol–water partition coefficient (Wildman–Crippen LogP) is 3.34. The third-order valence-electron chi connectivity index (χ3n) is 4.04. The van der Waals surface area contributed by atoms with Crippen molar-refractivity contribution in [2.45, 2.75) is 13.0 Å². The molecule has 1 unspecified atom stereocenters.